The van der Waals surface area contributed by atoms with Crippen LogP contribution in [0.25, 0.3) is 0 Å². The predicted molar refractivity (Wildman–Crippen MR) is 110 cm³/mol. The van der Waals surface area contributed by atoms with Gasteiger partial charge in [0.1, 0.15) is 5.82 Å². The molecule has 4 rings (SSSR count). The van der Waals surface area contributed by atoms with Gasteiger partial charge in [-0.15, -0.1) is 0 Å². The molecule has 3 heterocycles. The van der Waals surface area contributed by atoms with Gasteiger partial charge < -0.3 is 14.4 Å². The lowest BCUT2D eigenvalue weighted by Crippen LogP contribution is -2.47. The molecule has 1 aromatic heterocycles. The van der Waals surface area contributed by atoms with Gasteiger partial charge in [0, 0.05) is 64.6 Å². The number of hydrogen-bond acceptors (Lipinski definition) is 4. The number of halogens is 1. The van der Waals surface area contributed by atoms with E-state index in [1.54, 1.807) is 29.0 Å². The first-order valence-corrected chi connectivity index (χ1v) is 10.2. The first-order valence-electron chi connectivity index (χ1n) is 10.2. The molecule has 1 aromatic carbocycles. The number of hydrogen-bond donors (Lipinski definition) is 0. The second-order valence-corrected chi connectivity index (χ2v) is 7.82. The second kappa shape index (κ2) is 8.37. The first-order chi connectivity index (χ1) is 14.0. The Labute approximate surface area is 170 Å². The Kier molecular flexibility index (Phi) is 5.67. The largest absolute Gasteiger partial charge is 0.369 e. The molecule has 2 aliphatic heterocycles. The van der Waals surface area contributed by atoms with Crippen LogP contribution in [-0.2, 0) is 7.05 Å². The fourth-order valence-electron chi connectivity index (χ4n) is 4.28. The summed E-state index contributed by atoms with van der Waals surface area (Å²) < 4.78 is 15.2. The van der Waals surface area contributed by atoms with Crippen molar-refractivity contribution >= 4 is 17.4 Å². The van der Waals surface area contributed by atoms with Crippen molar-refractivity contribution in [2.45, 2.75) is 12.8 Å². The predicted octanol–water partition coefficient (Wildman–Crippen LogP) is 2.41. The summed E-state index contributed by atoms with van der Waals surface area (Å²) in [6, 6.07) is 8.50. The summed E-state index contributed by atoms with van der Waals surface area (Å²) in [5.41, 5.74) is 1.99. The van der Waals surface area contributed by atoms with Crippen molar-refractivity contribution in [2.24, 2.45) is 7.05 Å². The number of aryl methyl sites for hydroxylation is 1. The van der Waals surface area contributed by atoms with Crippen molar-refractivity contribution < 1.29 is 14.0 Å². The number of Topliss-reactive ketones (excluding diaryl/α,β-unsaturated/α-hetero) is 1. The highest BCUT2D eigenvalue weighted by Crippen LogP contribution is 2.20. The van der Waals surface area contributed by atoms with Gasteiger partial charge in [0.05, 0.1) is 11.3 Å². The van der Waals surface area contributed by atoms with Crippen LogP contribution in [0.15, 0.2) is 36.5 Å². The van der Waals surface area contributed by atoms with Crippen LogP contribution >= 0.6 is 0 Å². The van der Waals surface area contributed by atoms with E-state index in [2.05, 4.69) is 9.80 Å². The zero-order chi connectivity index (χ0) is 20.4. The molecule has 0 radical (unpaired) electrons. The summed E-state index contributed by atoms with van der Waals surface area (Å²) in [6.45, 7) is 5.64. The van der Waals surface area contributed by atoms with Gasteiger partial charge in [0.2, 0.25) is 0 Å². The molecule has 2 aliphatic rings. The van der Waals surface area contributed by atoms with Crippen molar-refractivity contribution in [3.63, 3.8) is 0 Å². The maximum atomic E-state index is 13.4. The molecule has 6 nitrogen and oxygen atoms in total. The fraction of sp³-hybridized carbons (Fsp3) is 0.455. The SMILES string of the molecule is Cn1ccc2c1C(=O)CCN(CCCN1CCN(c3cccc(F)c3)CC1)C2=O. The van der Waals surface area contributed by atoms with E-state index in [0.29, 0.717) is 30.8 Å². The number of ketones is 1. The standard InChI is InChI=1S/C22H27FN4O2/c1-24-10-6-19-21(24)20(28)7-11-27(22(19)29)9-3-8-25-12-14-26(15-13-25)18-5-2-4-17(23)16-18/h2,4-6,10,16H,3,7-9,11-15H2,1H3. The lowest BCUT2D eigenvalue weighted by molar-refractivity contribution is 0.0750. The summed E-state index contributed by atoms with van der Waals surface area (Å²) in [4.78, 5) is 31.6. The molecule has 0 N–H and O–H groups in total. The van der Waals surface area contributed by atoms with Crippen molar-refractivity contribution in [1.82, 2.24) is 14.4 Å². The lowest BCUT2D eigenvalue weighted by atomic mass is 10.1. The molecule has 0 saturated carbocycles. The minimum atomic E-state index is -0.202. The number of carbonyl (C=O) groups is 2. The Hall–Kier alpha value is -2.67. The highest BCUT2D eigenvalue weighted by molar-refractivity contribution is 6.08. The van der Waals surface area contributed by atoms with E-state index in [1.165, 1.54) is 6.07 Å². The number of amides is 1. The van der Waals surface area contributed by atoms with Gasteiger partial charge in [-0.3, -0.25) is 14.5 Å². The second-order valence-electron chi connectivity index (χ2n) is 7.82. The third kappa shape index (κ3) is 4.19. The number of anilines is 1. The summed E-state index contributed by atoms with van der Waals surface area (Å²) >= 11 is 0. The van der Waals surface area contributed by atoms with Crippen molar-refractivity contribution in [3.05, 3.63) is 53.6 Å². The molecule has 0 atom stereocenters. The number of piperazine rings is 1. The van der Waals surface area contributed by atoms with Crippen molar-refractivity contribution in [3.8, 4) is 0 Å². The number of carbonyl (C=O) groups excluding carboxylic acids is 2. The molecule has 0 spiro atoms. The highest BCUT2D eigenvalue weighted by atomic mass is 19.1. The van der Waals surface area contributed by atoms with Gasteiger partial charge in [-0.05, 0) is 37.2 Å². The number of fused-ring (bicyclic) bond motifs is 1. The molecule has 0 unspecified atom stereocenters. The van der Waals surface area contributed by atoms with Crippen LogP contribution in [0, 0.1) is 5.82 Å². The van der Waals surface area contributed by atoms with E-state index in [4.69, 9.17) is 0 Å². The highest BCUT2D eigenvalue weighted by Gasteiger charge is 2.29. The molecule has 154 valence electrons. The summed E-state index contributed by atoms with van der Waals surface area (Å²) in [5.74, 6) is -0.203. The number of aromatic nitrogens is 1. The smallest absolute Gasteiger partial charge is 0.256 e. The molecule has 1 fully saturated rings. The van der Waals surface area contributed by atoms with Crippen LogP contribution in [0.5, 0.6) is 0 Å². The Balaban J connectivity index is 1.27. The lowest BCUT2D eigenvalue weighted by Gasteiger charge is -2.36. The Morgan fingerprint density at radius 2 is 1.79 bits per heavy atom. The topological polar surface area (TPSA) is 48.8 Å². The number of rotatable bonds is 5. The zero-order valence-corrected chi connectivity index (χ0v) is 16.8. The van der Waals surface area contributed by atoms with E-state index in [9.17, 15) is 14.0 Å². The van der Waals surface area contributed by atoms with Gasteiger partial charge in [-0.25, -0.2) is 4.39 Å². The average Bonchev–Trinajstić information content (AvgIpc) is 3.06. The molecule has 2 aromatic rings. The Morgan fingerprint density at radius 3 is 2.55 bits per heavy atom. The van der Waals surface area contributed by atoms with Crippen LogP contribution in [-0.4, -0.2) is 71.9 Å². The molecule has 0 bridgehead atoms. The molecular formula is C22H27FN4O2. The van der Waals surface area contributed by atoms with Crippen LogP contribution in [0.3, 0.4) is 0 Å². The third-order valence-electron chi connectivity index (χ3n) is 5.91. The first kappa shape index (κ1) is 19.6. The van der Waals surface area contributed by atoms with Gasteiger partial charge >= 0.3 is 0 Å². The van der Waals surface area contributed by atoms with Crippen molar-refractivity contribution in [2.75, 3.05) is 50.7 Å². The molecule has 29 heavy (non-hydrogen) atoms. The van der Waals surface area contributed by atoms with E-state index < -0.39 is 0 Å². The van der Waals surface area contributed by atoms with Gasteiger partial charge in [0.15, 0.2) is 5.78 Å². The summed E-state index contributed by atoms with van der Waals surface area (Å²) in [5, 5.41) is 0. The molecular weight excluding hydrogens is 371 g/mol. The van der Waals surface area contributed by atoms with E-state index >= 15 is 0 Å². The monoisotopic (exact) mass is 398 g/mol. The van der Waals surface area contributed by atoms with Gasteiger partial charge in [0.25, 0.3) is 5.91 Å². The average molecular weight is 398 g/mol. The van der Waals surface area contributed by atoms with E-state index in [-0.39, 0.29) is 17.5 Å². The third-order valence-corrected chi connectivity index (χ3v) is 5.91. The van der Waals surface area contributed by atoms with Crippen LogP contribution < -0.4 is 4.90 Å². The fourth-order valence-corrected chi connectivity index (χ4v) is 4.28. The maximum absolute atomic E-state index is 13.4. The van der Waals surface area contributed by atoms with E-state index in [0.717, 1.165) is 44.8 Å². The zero-order valence-electron chi connectivity index (χ0n) is 16.8. The quantitative estimate of drug-likeness (QED) is 0.776. The molecule has 1 saturated heterocycles. The minimum absolute atomic E-state index is 0.0387. The number of benzene rings is 1. The molecule has 7 heteroatoms. The summed E-state index contributed by atoms with van der Waals surface area (Å²) in [7, 11) is 1.81. The van der Waals surface area contributed by atoms with Crippen molar-refractivity contribution in [1.29, 1.82) is 0 Å². The van der Waals surface area contributed by atoms with Crippen LogP contribution in [0.4, 0.5) is 10.1 Å². The van der Waals surface area contributed by atoms with E-state index in [1.807, 2.05) is 18.0 Å². The minimum Gasteiger partial charge on any atom is -0.369 e. The van der Waals surface area contributed by atoms with Gasteiger partial charge in [-0.2, -0.15) is 0 Å². The maximum Gasteiger partial charge on any atom is 0.256 e. The summed E-state index contributed by atoms with van der Waals surface area (Å²) in [6.07, 6.45) is 3.03. The number of nitrogens with zero attached hydrogens (tertiary/aromatic N) is 4. The Bertz CT molecular complexity index is 902. The molecule has 1 amide bonds. The molecule has 0 aliphatic carbocycles. The van der Waals surface area contributed by atoms with Crippen LogP contribution in [0.2, 0.25) is 0 Å². The normalized spacial score (nSPS) is 18.1. The van der Waals surface area contributed by atoms with Crippen LogP contribution in [0.1, 0.15) is 33.7 Å². The Morgan fingerprint density at radius 1 is 1.00 bits per heavy atom. The van der Waals surface area contributed by atoms with Gasteiger partial charge in [-0.1, -0.05) is 6.07 Å².